The normalized spacial score (nSPS) is 13.9. The Morgan fingerprint density at radius 3 is 2.52 bits per heavy atom. The summed E-state index contributed by atoms with van der Waals surface area (Å²) in [6.07, 6.45) is 4.12. The topological polar surface area (TPSA) is 92.1 Å². The predicted molar refractivity (Wildman–Crippen MR) is 119 cm³/mol. The van der Waals surface area contributed by atoms with Crippen molar-refractivity contribution in [1.82, 2.24) is 30.5 Å². The molecular weight excluding hydrogens is 392 g/mol. The number of rotatable bonds is 7. The number of amides is 3. The van der Waals surface area contributed by atoms with Gasteiger partial charge in [0.15, 0.2) is 0 Å². The zero-order valence-corrected chi connectivity index (χ0v) is 17.6. The molecule has 1 aliphatic rings. The molecule has 3 amide bonds. The number of hydrogen-bond donors (Lipinski definition) is 2. The maximum atomic E-state index is 12.7. The van der Waals surface area contributed by atoms with Crippen LogP contribution in [0.3, 0.4) is 0 Å². The van der Waals surface area contributed by atoms with E-state index in [-0.39, 0.29) is 11.9 Å². The van der Waals surface area contributed by atoms with Gasteiger partial charge in [0, 0.05) is 31.7 Å². The highest BCUT2D eigenvalue weighted by atomic mass is 16.2. The van der Waals surface area contributed by atoms with Crippen LogP contribution in [-0.2, 0) is 13.0 Å². The van der Waals surface area contributed by atoms with E-state index in [1.165, 1.54) is 12.0 Å². The summed E-state index contributed by atoms with van der Waals surface area (Å²) in [6, 6.07) is 15.4. The number of likely N-dealkylation sites (tertiary alicyclic amines) is 1. The van der Waals surface area contributed by atoms with Crippen molar-refractivity contribution in [2.24, 2.45) is 0 Å². The molecule has 2 heterocycles. The highest BCUT2D eigenvalue weighted by Crippen LogP contribution is 2.17. The Kier molecular flexibility index (Phi) is 6.76. The molecule has 2 aromatic carbocycles. The molecule has 0 radical (unpaired) electrons. The monoisotopic (exact) mass is 420 g/mol. The summed E-state index contributed by atoms with van der Waals surface area (Å²) < 4.78 is 1.74. The van der Waals surface area contributed by atoms with E-state index in [2.05, 4.69) is 20.9 Å². The number of urea groups is 1. The van der Waals surface area contributed by atoms with E-state index in [1.54, 1.807) is 10.7 Å². The Morgan fingerprint density at radius 2 is 1.71 bits per heavy atom. The third-order valence-electron chi connectivity index (χ3n) is 5.56. The Balaban J connectivity index is 1.26. The predicted octanol–water partition coefficient (Wildman–Crippen LogP) is 2.60. The first-order valence-corrected chi connectivity index (χ1v) is 10.9. The van der Waals surface area contributed by atoms with Crippen LogP contribution in [0.15, 0.2) is 48.5 Å². The average Bonchev–Trinajstić information content (AvgIpc) is 3.22. The fourth-order valence-corrected chi connectivity index (χ4v) is 3.85. The minimum Gasteiger partial charge on any atom is -0.339 e. The molecule has 1 saturated heterocycles. The third kappa shape index (κ3) is 5.39. The molecule has 162 valence electrons. The fraction of sp³-hybridized carbons (Fsp3) is 0.391. The molecule has 0 unspecified atom stereocenters. The molecule has 3 aromatic rings. The maximum absolute atomic E-state index is 12.7. The summed E-state index contributed by atoms with van der Waals surface area (Å²) in [5, 5.41) is 14.1. The molecule has 0 spiro atoms. The molecule has 4 rings (SSSR count). The number of benzene rings is 2. The van der Waals surface area contributed by atoms with Gasteiger partial charge in [-0.05, 0) is 49.4 Å². The number of aromatic nitrogens is 3. The Labute approximate surface area is 181 Å². The smallest absolute Gasteiger partial charge is 0.314 e. The van der Waals surface area contributed by atoms with Crippen LogP contribution in [0, 0.1) is 0 Å². The maximum Gasteiger partial charge on any atom is 0.314 e. The first kappa shape index (κ1) is 20.8. The summed E-state index contributed by atoms with van der Waals surface area (Å²) in [6.45, 7) is 3.16. The average molecular weight is 421 g/mol. The van der Waals surface area contributed by atoms with Crippen molar-refractivity contribution in [3.63, 3.8) is 0 Å². The summed E-state index contributed by atoms with van der Waals surface area (Å²) >= 11 is 0. The van der Waals surface area contributed by atoms with Crippen LogP contribution >= 0.6 is 0 Å². The van der Waals surface area contributed by atoms with Gasteiger partial charge in [-0.25, -0.2) is 9.48 Å². The van der Waals surface area contributed by atoms with Crippen LogP contribution in [0.25, 0.3) is 11.0 Å². The van der Waals surface area contributed by atoms with Gasteiger partial charge in [-0.2, -0.15) is 0 Å². The lowest BCUT2D eigenvalue weighted by Gasteiger charge is -2.26. The quantitative estimate of drug-likeness (QED) is 0.615. The SMILES string of the molecule is O=C(NCCc1ccccc1)NCCn1nnc2cc(C(=O)N3CCCCC3)ccc21. The van der Waals surface area contributed by atoms with Gasteiger partial charge in [0.05, 0.1) is 12.1 Å². The van der Waals surface area contributed by atoms with Crippen LogP contribution < -0.4 is 10.6 Å². The molecule has 1 aliphatic heterocycles. The van der Waals surface area contributed by atoms with Crippen molar-refractivity contribution >= 4 is 23.0 Å². The minimum atomic E-state index is -0.199. The van der Waals surface area contributed by atoms with Gasteiger partial charge in [-0.1, -0.05) is 35.5 Å². The van der Waals surface area contributed by atoms with E-state index in [9.17, 15) is 9.59 Å². The summed E-state index contributed by atoms with van der Waals surface area (Å²) in [4.78, 5) is 26.6. The van der Waals surface area contributed by atoms with E-state index in [1.807, 2.05) is 47.4 Å². The zero-order valence-electron chi connectivity index (χ0n) is 17.6. The van der Waals surface area contributed by atoms with E-state index in [0.29, 0.717) is 30.7 Å². The molecule has 1 fully saturated rings. The first-order chi connectivity index (χ1) is 15.2. The van der Waals surface area contributed by atoms with E-state index in [4.69, 9.17) is 0 Å². The number of carbonyl (C=O) groups is 2. The molecule has 31 heavy (non-hydrogen) atoms. The van der Waals surface area contributed by atoms with Crippen LogP contribution in [0.4, 0.5) is 4.79 Å². The lowest BCUT2D eigenvalue weighted by atomic mass is 10.1. The van der Waals surface area contributed by atoms with Crippen molar-refractivity contribution in [2.45, 2.75) is 32.2 Å². The van der Waals surface area contributed by atoms with Crippen molar-refractivity contribution < 1.29 is 9.59 Å². The van der Waals surface area contributed by atoms with Gasteiger partial charge in [0.2, 0.25) is 0 Å². The van der Waals surface area contributed by atoms with Crippen LogP contribution in [0.5, 0.6) is 0 Å². The van der Waals surface area contributed by atoms with Crippen LogP contribution in [0.1, 0.15) is 35.2 Å². The lowest BCUT2D eigenvalue weighted by Crippen LogP contribution is -2.38. The zero-order chi connectivity index (χ0) is 21.5. The number of carbonyl (C=O) groups excluding carboxylic acids is 2. The first-order valence-electron chi connectivity index (χ1n) is 10.9. The van der Waals surface area contributed by atoms with Gasteiger partial charge < -0.3 is 15.5 Å². The van der Waals surface area contributed by atoms with E-state index < -0.39 is 0 Å². The van der Waals surface area contributed by atoms with Crippen molar-refractivity contribution in [1.29, 1.82) is 0 Å². The third-order valence-corrected chi connectivity index (χ3v) is 5.56. The van der Waals surface area contributed by atoms with Gasteiger partial charge in [-0.15, -0.1) is 5.10 Å². The number of fused-ring (bicyclic) bond motifs is 1. The lowest BCUT2D eigenvalue weighted by molar-refractivity contribution is 0.0724. The molecule has 8 heteroatoms. The highest BCUT2D eigenvalue weighted by Gasteiger charge is 2.19. The van der Waals surface area contributed by atoms with Gasteiger partial charge in [0.25, 0.3) is 5.91 Å². The van der Waals surface area contributed by atoms with E-state index in [0.717, 1.165) is 37.9 Å². The molecule has 0 bridgehead atoms. The molecule has 0 aliphatic carbocycles. The van der Waals surface area contributed by atoms with Gasteiger partial charge >= 0.3 is 6.03 Å². The molecule has 1 aromatic heterocycles. The van der Waals surface area contributed by atoms with Crippen molar-refractivity contribution in [3.05, 3.63) is 59.7 Å². The number of nitrogens with one attached hydrogen (secondary N) is 2. The molecule has 8 nitrogen and oxygen atoms in total. The number of hydrogen-bond acceptors (Lipinski definition) is 4. The molecule has 0 atom stereocenters. The van der Waals surface area contributed by atoms with E-state index >= 15 is 0 Å². The summed E-state index contributed by atoms with van der Waals surface area (Å²) in [7, 11) is 0. The van der Waals surface area contributed by atoms with Gasteiger partial charge in [0.1, 0.15) is 5.52 Å². The Hall–Kier alpha value is -3.42. The minimum absolute atomic E-state index is 0.0602. The second-order valence-corrected chi connectivity index (χ2v) is 7.79. The summed E-state index contributed by atoms with van der Waals surface area (Å²) in [5.41, 5.74) is 3.38. The number of nitrogens with zero attached hydrogens (tertiary/aromatic N) is 4. The highest BCUT2D eigenvalue weighted by molar-refractivity contribution is 5.97. The van der Waals surface area contributed by atoms with Crippen molar-refractivity contribution in [3.8, 4) is 0 Å². The summed E-state index contributed by atoms with van der Waals surface area (Å²) in [5.74, 6) is 0.0602. The molecule has 0 saturated carbocycles. The van der Waals surface area contributed by atoms with Crippen LogP contribution in [-0.4, -0.2) is 58.0 Å². The van der Waals surface area contributed by atoms with Gasteiger partial charge in [-0.3, -0.25) is 4.79 Å². The Morgan fingerprint density at radius 1 is 0.935 bits per heavy atom. The number of piperidine rings is 1. The second kappa shape index (κ2) is 10.1. The van der Waals surface area contributed by atoms with Crippen molar-refractivity contribution in [2.75, 3.05) is 26.2 Å². The van der Waals surface area contributed by atoms with Crippen LogP contribution in [0.2, 0.25) is 0 Å². The fourth-order valence-electron chi connectivity index (χ4n) is 3.85. The second-order valence-electron chi connectivity index (χ2n) is 7.79. The standard InChI is InChI=1S/C23H28N6O2/c30-22(28-14-5-2-6-15-28)19-9-10-21-20(17-19)26-27-29(21)16-13-25-23(31)24-12-11-18-7-3-1-4-8-18/h1,3-4,7-10,17H,2,5-6,11-16H2,(H2,24,25,31). The Bertz CT molecular complexity index is 1030. The largest absolute Gasteiger partial charge is 0.339 e. The molecular formula is C23H28N6O2. The molecule has 2 N–H and O–H groups in total.